The van der Waals surface area contributed by atoms with Gasteiger partial charge in [0.15, 0.2) is 5.78 Å². The fraction of sp³-hybridized carbons (Fsp3) is 0.0488. The molecule has 0 N–H and O–H groups in total. The first-order valence-electron chi connectivity index (χ1n) is 14.9. The summed E-state index contributed by atoms with van der Waals surface area (Å²) in [6, 6.07) is 47.3. The molecule has 2 nitrogen and oxygen atoms in total. The van der Waals surface area contributed by atoms with E-state index in [0.717, 1.165) is 55.9 Å². The molecule has 7 aromatic carbocycles. The summed E-state index contributed by atoms with van der Waals surface area (Å²) in [5, 5.41) is 6.76. The summed E-state index contributed by atoms with van der Waals surface area (Å²) in [5.74, 6) is 0.115. The van der Waals surface area contributed by atoms with Gasteiger partial charge in [0, 0.05) is 33.3 Å². The number of carbonyl (C=O) groups excluding carboxylic acids is 1. The molecule has 0 fully saturated rings. The summed E-state index contributed by atoms with van der Waals surface area (Å²) in [5.41, 5.74) is 11.4. The second-order valence-electron chi connectivity index (χ2n) is 11.7. The van der Waals surface area contributed by atoms with Crippen LogP contribution in [-0.2, 0) is 6.42 Å². The highest BCUT2D eigenvalue weighted by molar-refractivity contribution is 6.37. The Kier molecular flexibility index (Phi) is 5.06. The third-order valence-electron chi connectivity index (χ3n) is 9.27. The standard InChI is InChI=1S/C41H27NO/c1-25-23-29-9-5-6-16-36(29)42(31-11-3-2-4-12-31)40(25)28-20-17-26(18-21-28)35-24-30-22-19-27-10-7-14-33-37(27)38(30)39-32(35)13-8-15-34(39)41(33)43/h2-22,24H,23H2,1H3. The van der Waals surface area contributed by atoms with Crippen molar-refractivity contribution in [3.63, 3.8) is 0 Å². The molecule has 1 heterocycles. The molecule has 0 radical (unpaired) electrons. The number of ketones is 1. The van der Waals surface area contributed by atoms with Crippen molar-refractivity contribution in [2.75, 3.05) is 4.90 Å². The predicted octanol–water partition coefficient (Wildman–Crippen LogP) is 10.5. The van der Waals surface area contributed by atoms with E-state index >= 15 is 0 Å². The number of rotatable bonds is 3. The van der Waals surface area contributed by atoms with Gasteiger partial charge in [-0.3, -0.25) is 4.79 Å². The zero-order chi connectivity index (χ0) is 28.7. The predicted molar refractivity (Wildman–Crippen MR) is 179 cm³/mol. The zero-order valence-corrected chi connectivity index (χ0v) is 23.8. The van der Waals surface area contributed by atoms with Crippen molar-refractivity contribution in [2.45, 2.75) is 13.3 Å². The SMILES string of the molecule is CC1=C(c2ccc(-c3cc4ccc5cccc6c5c4c4c(cccc34)C6=O)cc2)N(c2ccccc2)c2ccccc2C1. The average molecular weight is 550 g/mol. The molecular formula is C41H27NO. The smallest absolute Gasteiger partial charge is 0.194 e. The molecule has 43 heavy (non-hydrogen) atoms. The minimum Gasteiger partial charge on any atom is -0.310 e. The Morgan fingerprint density at radius 1 is 0.558 bits per heavy atom. The number of allylic oxidation sites excluding steroid dienone is 1. The Labute approximate surface area is 250 Å². The minimum atomic E-state index is 0.115. The Balaban J connectivity index is 1.23. The Hall–Kier alpha value is -5.47. The molecule has 1 aliphatic carbocycles. The molecule has 0 saturated heterocycles. The van der Waals surface area contributed by atoms with E-state index in [1.54, 1.807) is 0 Å². The summed E-state index contributed by atoms with van der Waals surface area (Å²) in [6.45, 7) is 2.25. The Bertz CT molecular complexity index is 2330. The molecule has 2 heteroatoms. The van der Waals surface area contributed by atoms with Gasteiger partial charge in [-0.15, -0.1) is 0 Å². The van der Waals surface area contributed by atoms with Gasteiger partial charge in [-0.2, -0.15) is 0 Å². The average Bonchev–Trinajstić information content (AvgIpc) is 3.06. The first-order valence-corrected chi connectivity index (χ1v) is 14.9. The zero-order valence-electron chi connectivity index (χ0n) is 23.8. The maximum absolute atomic E-state index is 13.7. The highest BCUT2D eigenvalue weighted by Gasteiger charge is 2.27. The molecule has 0 spiro atoms. The minimum absolute atomic E-state index is 0.115. The molecular weight excluding hydrogens is 522 g/mol. The number of benzene rings is 7. The molecule has 0 amide bonds. The largest absolute Gasteiger partial charge is 0.310 e. The van der Waals surface area contributed by atoms with Crippen LogP contribution in [0, 0.1) is 0 Å². The van der Waals surface area contributed by atoms with Crippen LogP contribution in [0.1, 0.15) is 34.0 Å². The van der Waals surface area contributed by atoms with Gasteiger partial charge in [-0.1, -0.05) is 109 Å². The van der Waals surface area contributed by atoms with E-state index in [-0.39, 0.29) is 5.78 Å². The Morgan fingerprint density at radius 3 is 2.09 bits per heavy atom. The van der Waals surface area contributed by atoms with Crippen LogP contribution in [0.3, 0.4) is 0 Å². The van der Waals surface area contributed by atoms with Crippen molar-refractivity contribution in [1.82, 2.24) is 0 Å². The van der Waals surface area contributed by atoms with Gasteiger partial charge >= 0.3 is 0 Å². The molecule has 0 aromatic heterocycles. The number of carbonyl (C=O) groups is 1. The van der Waals surface area contributed by atoms with Crippen LogP contribution in [0.4, 0.5) is 11.4 Å². The first kappa shape index (κ1) is 24.2. The lowest BCUT2D eigenvalue weighted by molar-refractivity contribution is 0.104. The van der Waals surface area contributed by atoms with Gasteiger partial charge in [0.25, 0.3) is 0 Å². The monoisotopic (exact) mass is 549 g/mol. The number of nitrogens with zero attached hydrogens (tertiary/aromatic N) is 1. The lowest BCUT2D eigenvalue weighted by Gasteiger charge is -2.35. The van der Waals surface area contributed by atoms with E-state index in [1.807, 2.05) is 24.3 Å². The second-order valence-corrected chi connectivity index (χ2v) is 11.7. The third-order valence-corrected chi connectivity index (χ3v) is 9.27. The number of hydrogen-bond donors (Lipinski definition) is 0. The summed E-state index contributed by atoms with van der Waals surface area (Å²) in [6.07, 6.45) is 0.929. The third kappa shape index (κ3) is 3.44. The fourth-order valence-corrected chi connectivity index (χ4v) is 7.41. The molecule has 9 rings (SSSR count). The molecule has 7 aromatic rings. The van der Waals surface area contributed by atoms with Crippen molar-refractivity contribution in [3.05, 3.63) is 161 Å². The van der Waals surface area contributed by atoms with Crippen molar-refractivity contribution in [3.8, 4) is 11.1 Å². The number of hydrogen-bond acceptors (Lipinski definition) is 2. The van der Waals surface area contributed by atoms with Crippen LogP contribution in [0.2, 0.25) is 0 Å². The van der Waals surface area contributed by atoms with Gasteiger partial charge in [-0.05, 0) is 87.0 Å². The molecule has 0 unspecified atom stereocenters. The van der Waals surface area contributed by atoms with Gasteiger partial charge < -0.3 is 4.90 Å². The summed E-state index contributed by atoms with van der Waals surface area (Å²) < 4.78 is 0. The van der Waals surface area contributed by atoms with Crippen LogP contribution in [0.25, 0.3) is 49.1 Å². The van der Waals surface area contributed by atoms with E-state index in [9.17, 15) is 4.79 Å². The summed E-state index contributed by atoms with van der Waals surface area (Å²) in [7, 11) is 0. The highest BCUT2D eigenvalue weighted by atomic mass is 16.1. The number of fused-ring (bicyclic) bond motifs is 1. The number of para-hydroxylation sites is 2. The van der Waals surface area contributed by atoms with Gasteiger partial charge in [0.2, 0.25) is 0 Å². The van der Waals surface area contributed by atoms with Crippen molar-refractivity contribution >= 4 is 55.2 Å². The fourth-order valence-electron chi connectivity index (χ4n) is 7.41. The van der Waals surface area contributed by atoms with E-state index in [2.05, 4.69) is 121 Å². The van der Waals surface area contributed by atoms with Crippen LogP contribution in [0.5, 0.6) is 0 Å². The molecule has 0 atom stereocenters. The van der Waals surface area contributed by atoms with Gasteiger partial charge in [-0.25, -0.2) is 0 Å². The van der Waals surface area contributed by atoms with E-state index in [4.69, 9.17) is 0 Å². The Morgan fingerprint density at radius 2 is 1.26 bits per heavy atom. The van der Waals surface area contributed by atoms with Crippen LogP contribution in [0.15, 0.2) is 139 Å². The quantitative estimate of drug-likeness (QED) is 0.204. The molecule has 2 aliphatic rings. The van der Waals surface area contributed by atoms with Crippen molar-refractivity contribution < 1.29 is 4.79 Å². The van der Waals surface area contributed by atoms with Crippen LogP contribution in [-0.4, -0.2) is 5.78 Å². The number of anilines is 2. The maximum Gasteiger partial charge on any atom is 0.194 e. The second kappa shape index (κ2) is 9.01. The van der Waals surface area contributed by atoms with Gasteiger partial charge in [0.1, 0.15) is 0 Å². The lowest BCUT2D eigenvalue weighted by Crippen LogP contribution is -2.22. The molecule has 0 saturated carbocycles. The van der Waals surface area contributed by atoms with E-state index in [1.165, 1.54) is 38.9 Å². The molecule has 202 valence electrons. The normalized spacial score (nSPS) is 14.0. The topological polar surface area (TPSA) is 20.3 Å². The van der Waals surface area contributed by atoms with E-state index in [0.29, 0.717) is 0 Å². The molecule has 1 aliphatic heterocycles. The first-order chi connectivity index (χ1) is 21.2. The van der Waals surface area contributed by atoms with Crippen LogP contribution < -0.4 is 4.90 Å². The lowest BCUT2D eigenvalue weighted by atomic mass is 9.81. The van der Waals surface area contributed by atoms with Crippen molar-refractivity contribution in [1.29, 1.82) is 0 Å². The van der Waals surface area contributed by atoms with E-state index < -0.39 is 0 Å². The van der Waals surface area contributed by atoms with Crippen molar-refractivity contribution in [2.24, 2.45) is 0 Å². The van der Waals surface area contributed by atoms with Crippen LogP contribution >= 0.6 is 0 Å². The summed E-state index contributed by atoms with van der Waals surface area (Å²) >= 11 is 0. The van der Waals surface area contributed by atoms with Gasteiger partial charge in [0.05, 0.1) is 5.70 Å². The summed E-state index contributed by atoms with van der Waals surface area (Å²) in [4.78, 5) is 16.1. The maximum atomic E-state index is 13.7. The highest BCUT2D eigenvalue weighted by Crippen LogP contribution is 2.46. The molecule has 0 bridgehead atoms.